The molecule has 0 radical (unpaired) electrons. The minimum Gasteiger partial charge on any atom is -0.340 e. The van der Waals surface area contributed by atoms with Gasteiger partial charge in [-0.25, -0.2) is 9.37 Å². The summed E-state index contributed by atoms with van der Waals surface area (Å²) in [5, 5.41) is 3.48. The van der Waals surface area contributed by atoms with Crippen molar-refractivity contribution in [3.05, 3.63) is 65.7 Å². The third-order valence-electron chi connectivity index (χ3n) is 5.64. The molecule has 0 saturated carbocycles. The molecular weight excluding hydrogens is 417 g/mol. The van der Waals surface area contributed by atoms with Crippen LogP contribution in [0.5, 0.6) is 0 Å². The number of aryl methyl sites for hydroxylation is 2. The van der Waals surface area contributed by atoms with Crippen LogP contribution in [0.2, 0.25) is 0 Å². The van der Waals surface area contributed by atoms with Gasteiger partial charge in [0.2, 0.25) is 5.91 Å². The minimum atomic E-state index is -0.295. The summed E-state index contributed by atoms with van der Waals surface area (Å²) in [5.74, 6) is 1.29. The topological polar surface area (TPSA) is 53.4 Å². The lowest BCUT2D eigenvalue weighted by molar-refractivity contribution is -0.131. The van der Waals surface area contributed by atoms with E-state index in [0.29, 0.717) is 25.2 Å². The number of hydrogen-bond donors (Lipinski definition) is 1. The van der Waals surface area contributed by atoms with Crippen LogP contribution < -0.4 is 5.32 Å². The Labute approximate surface area is 196 Å². The summed E-state index contributed by atoms with van der Waals surface area (Å²) in [6.07, 6.45) is 0.668. The Balaban J connectivity index is 2.02. The lowest BCUT2D eigenvalue weighted by Gasteiger charge is -2.24. The molecule has 2 aromatic carbocycles. The fourth-order valence-electron chi connectivity index (χ4n) is 3.66. The average Bonchev–Trinajstić information content (AvgIpc) is 3.13. The number of nitrogens with one attached hydrogen (secondary N) is 1. The number of hydrogen-bond acceptors (Lipinski definition) is 4. The second-order valence-electron chi connectivity index (χ2n) is 8.44. The van der Waals surface area contributed by atoms with Gasteiger partial charge in [-0.2, -0.15) is 0 Å². The summed E-state index contributed by atoms with van der Waals surface area (Å²) in [6.45, 7) is 8.37. The highest BCUT2D eigenvalue weighted by Gasteiger charge is 2.22. The van der Waals surface area contributed by atoms with Gasteiger partial charge in [-0.05, 0) is 64.3 Å². The predicted molar refractivity (Wildman–Crippen MR) is 132 cm³/mol. The fourth-order valence-corrected chi connectivity index (χ4v) is 3.66. The lowest BCUT2D eigenvalue weighted by Crippen LogP contribution is -2.38. The van der Waals surface area contributed by atoms with Crippen molar-refractivity contribution in [3.8, 4) is 11.3 Å². The number of halogens is 1. The van der Waals surface area contributed by atoms with Crippen LogP contribution in [0.25, 0.3) is 11.3 Å². The molecule has 0 aliphatic heterocycles. The highest BCUT2D eigenvalue weighted by molar-refractivity contribution is 5.80. The minimum absolute atomic E-state index is 0.0454. The lowest BCUT2D eigenvalue weighted by atomic mass is 10.1. The molecule has 0 aliphatic carbocycles. The Kier molecular flexibility index (Phi) is 8.22. The Morgan fingerprint density at radius 2 is 1.70 bits per heavy atom. The normalized spacial score (nSPS) is 11.1. The molecule has 7 heteroatoms. The van der Waals surface area contributed by atoms with E-state index in [1.165, 1.54) is 12.1 Å². The highest BCUT2D eigenvalue weighted by atomic mass is 19.1. The van der Waals surface area contributed by atoms with E-state index in [9.17, 15) is 9.18 Å². The van der Waals surface area contributed by atoms with E-state index in [2.05, 4.69) is 10.2 Å². The molecule has 0 aliphatic rings. The zero-order valence-corrected chi connectivity index (χ0v) is 20.2. The first-order valence-corrected chi connectivity index (χ1v) is 11.4. The molecule has 0 saturated heterocycles. The zero-order valence-electron chi connectivity index (χ0n) is 20.2. The number of rotatable bonds is 10. The second-order valence-corrected chi connectivity index (χ2v) is 8.44. The zero-order chi connectivity index (χ0) is 24.0. The number of anilines is 2. The summed E-state index contributed by atoms with van der Waals surface area (Å²) in [6, 6.07) is 14.4. The number of nitrogens with zero attached hydrogens (tertiary/aromatic N) is 4. The Morgan fingerprint density at radius 3 is 2.27 bits per heavy atom. The maximum Gasteiger partial charge on any atom is 0.242 e. The Hall–Kier alpha value is -3.19. The van der Waals surface area contributed by atoms with Gasteiger partial charge in [0.25, 0.3) is 0 Å². The summed E-state index contributed by atoms with van der Waals surface area (Å²) in [5.41, 5.74) is 3.57. The number of benzene rings is 2. The van der Waals surface area contributed by atoms with Gasteiger partial charge >= 0.3 is 0 Å². The van der Waals surface area contributed by atoms with Gasteiger partial charge in [-0.3, -0.25) is 4.79 Å². The molecule has 1 N–H and O–H groups in total. The van der Waals surface area contributed by atoms with Crippen LogP contribution in [0.4, 0.5) is 15.9 Å². The summed E-state index contributed by atoms with van der Waals surface area (Å²) < 4.78 is 15.5. The first-order chi connectivity index (χ1) is 15.8. The molecule has 1 amide bonds. The van der Waals surface area contributed by atoms with Gasteiger partial charge in [-0.15, -0.1) is 0 Å². The van der Waals surface area contributed by atoms with E-state index >= 15 is 0 Å². The third kappa shape index (κ3) is 6.20. The maximum atomic E-state index is 13.6. The molecule has 0 bridgehead atoms. The van der Waals surface area contributed by atoms with E-state index in [1.807, 2.05) is 68.6 Å². The third-order valence-corrected chi connectivity index (χ3v) is 5.64. The Morgan fingerprint density at radius 1 is 1.03 bits per heavy atom. The van der Waals surface area contributed by atoms with Gasteiger partial charge in [0, 0.05) is 37.3 Å². The molecule has 1 heterocycles. The molecule has 0 unspecified atom stereocenters. The van der Waals surface area contributed by atoms with Crippen molar-refractivity contribution in [2.45, 2.75) is 33.7 Å². The molecule has 3 rings (SSSR count). The van der Waals surface area contributed by atoms with Crippen LogP contribution in [-0.4, -0.2) is 59.0 Å². The number of carbonyl (C=O) groups is 1. The summed E-state index contributed by atoms with van der Waals surface area (Å²) >= 11 is 0. The van der Waals surface area contributed by atoms with Gasteiger partial charge in [0.1, 0.15) is 29.7 Å². The second kappa shape index (κ2) is 11.1. The van der Waals surface area contributed by atoms with Crippen LogP contribution >= 0.6 is 0 Å². The van der Waals surface area contributed by atoms with Gasteiger partial charge < -0.3 is 19.7 Å². The smallest absolute Gasteiger partial charge is 0.242 e. The van der Waals surface area contributed by atoms with E-state index in [0.717, 1.165) is 35.0 Å². The predicted octanol–water partition coefficient (Wildman–Crippen LogP) is 4.71. The van der Waals surface area contributed by atoms with Crippen LogP contribution in [0.15, 0.2) is 48.5 Å². The molecule has 33 heavy (non-hydrogen) atoms. The molecule has 0 atom stereocenters. The first kappa shape index (κ1) is 24.5. The molecule has 0 spiro atoms. The largest absolute Gasteiger partial charge is 0.340 e. The maximum absolute atomic E-state index is 13.6. The summed E-state index contributed by atoms with van der Waals surface area (Å²) in [7, 11) is 4.00. The standard InChI is InChI=1S/C26H34FN5O/c1-6-23-29-25(20-10-12-21(27)13-11-20)26(28-22-14-8-19(3)9-15-22)32(23)18-24(33)31(7-2)17-16-30(4)5/h8-15,28H,6-7,16-18H2,1-5H3. The number of aromatic nitrogens is 2. The van der Waals surface area contributed by atoms with Crippen molar-refractivity contribution in [2.75, 3.05) is 39.0 Å². The average molecular weight is 452 g/mol. The molecular formula is C26H34FN5O. The summed E-state index contributed by atoms with van der Waals surface area (Å²) in [4.78, 5) is 22.0. The molecule has 0 fully saturated rings. The number of amides is 1. The van der Waals surface area contributed by atoms with Crippen molar-refractivity contribution in [1.29, 1.82) is 0 Å². The Bertz CT molecular complexity index is 1060. The van der Waals surface area contributed by atoms with Crippen LogP contribution in [0, 0.1) is 12.7 Å². The van der Waals surface area contributed by atoms with Crippen molar-refractivity contribution in [3.63, 3.8) is 0 Å². The van der Waals surface area contributed by atoms with Crippen LogP contribution in [0.1, 0.15) is 25.2 Å². The molecule has 6 nitrogen and oxygen atoms in total. The monoisotopic (exact) mass is 451 g/mol. The van der Waals surface area contributed by atoms with E-state index in [-0.39, 0.29) is 18.3 Å². The van der Waals surface area contributed by atoms with Crippen molar-refractivity contribution in [1.82, 2.24) is 19.4 Å². The number of likely N-dealkylation sites (N-methyl/N-ethyl adjacent to an activating group) is 2. The van der Waals surface area contributed by atoms with Crippen molar-refractivity contribution < 1.29 is 9.18 Å². The number of imidazole rings is 1. The first-order valence-electron chi connectivity index (χ1n) is 11.4. The van der Waals surface area contributed by atoms with Crippen molar-refractivity contribution in [2.24, 2.45) is 0 Å². The van der Waals surface area contributed by atoms with Crippen LogP contribution in [0.3, 0.4) is 0 Å². The van der Waals surface area contributed by atoms with Crippen LogP contribution in [-0.2, 0) is 17.8 Å². The van der Waals surface area contributed by atoms with E-state index < -0.39 is 0 Å². The van der Waals surface area contributed by atoms with Gasteiger partial charge in [0.05, 0.1) is 0 Å². The number of carbonyl (C=O) groups excluding carboxylic acids is 1. The molecule has 3 aromatic rings. The van der Waals surface area contributed by atoms with E-state index in [1.54, 1.807) is 12.1 Å². The highest BCUT2D eigenvalue weighted by Crippen LogP contribution is 2.32. The van der Waals surface area contributed by atoms with E-state index in [4.69, 9.17) is 4.98 Å². The van der Waals surface area contributed by atoms with Gasteiger partial charge in [0.15, 0.2) is 0 Å². The molecule has 1 aromatic heterocycles. The fraction of sp³-hybridized carbons (Fsp3) is 0.385. The van der Waals surface area contributed by atoms with Crippen molar-refractivity contribution >= 4 is 17.4 Å². The quantitative estimate of drug-likeness (QED) is 0.485. The van der Waals surface area contributed by atoms with Gasteiger partial charge in [-0.1, -0.05) is 24.6 Å². The molecule has 176 valence electrons. The SMILES string of the molecule is CCc1nc(-c2ccc(F)cc2)c(Nc2ccc(C)cc2)n1CC(=O)N(CC)CCN(C)C.